The van der Waals surface area contributed by atoms with E-state index >= 15 is 0 Å². The lowest BCUT2D eigenvalue weighted by Gasteiger charge is -2.38. The van der Waals surface area contributed by atoms with Crippen molar-refractivity contribution in [1.82, 2.24) is 5.32 Å². The van der Waals surface area contributed by atoms with Crippen LogP contribution in [-0.4, -0.2) is 31.2 Å². The van der Waals surface area contributed by atoms with Crippen molar-refractivity contribution in [3.05, 3.63) is 27.6 Å². The Kier molecular flexibility index (Phi) is 4.18. The van der Waals surface area contributed by atoms with Gasteiger partial charge in [-0.25, -0.2) is 4.39 Å². The molecule has 18 heavy (non-hydrogen) atoms. The van der Waals surface area contributed by atoms with E-state index in [9.17, 15) is 9.18 Å². The van der Waals surface area contributed by atoms with Crippen molar-refractivity contribution >= 4 is 34.2 Å². The quantitative estimate of drug-likeness (QED) is 0.801. The summed E-state index contributed by atoms with van der Waals surface area (Å²) in [6.07, 6.45) is 0. The lowest BCUT2D eigenvalue weighted by atomic mass is 10.0. The highest BCUT2D eigenvalue weighted by molar-refractivity contribution is 14.1. The number of carbonyl (C=O) groups excluding carboxylic acids is 1. The molecule has 1 fully saturated rings. The number of anilines is 1. The molecule has 98 valence electrons. The van der Waals surface area contributed by atoms with E-state index in [4.69, 9.17) is 4.74 Å². The zero-order valence-electron chi connectivity index (χ0n) is 9.93. The molecule has 1 aliphatic heterocycles. The zero-order chi connectivity index (χ0) is 13.2. The largest absolute Gasteiger partial charge is 0.363 e. The summed E-state index contributed by atoms with van der Waals surface area (Å²) in [6.45, 7) is 3.48. The number of nitrogens with one attached hydrogen (secondary N) is 2. The van der Waals surface area contributed by atoms with Crippen LogP contribution in [0.15, 0.2) is 18.2 Å². The van der Waals surface area contributed by atoms with E-state index in [0.29, 0.717) is 9.26 Å². The summed E-state index contributed by atoms with van der Waals surface area (Å²) in [5.74, 6) is -0.547. The van der Waals surface area contributed by atoms with Crippen LogP contribution >= 0.6 is 22.6 Å². The predicted molar refractivity (Wildman–Crippen MR) is 75.0 cm³/mol. The smallest absolute Gasteiger partial charge is 0.250 e. The third-order valence-electron chi connectivity index (χ3n) is 2.75. The van der Waals surface area contributed by atoms with Gasteiger partial charge in [-0.2, -0.15) is 0 Å². The Morgan fingerprint density at radius 2 is 2.33 bits per heavy atom. The van der Waals surface area contributed by atoms with Gasteiger partial charge < -0.3 is 15.4 Å². The van der Waals surface area contributed by atoms with Gasteiger partial charge in [0.25, 0.3) is 0 Å². The van der Waals surface area contributed by atoms with Crippen molar-refractivity contribution in [1.29, 1.82) is 0 Å². The molecule has 2 rings (SSSR count). The fourth-order valence-corrected chi connectivity index (χ4v) is 2.21. The predicted octanol–water partition coefficient (Wildman–Crippen LogP) is 1.75. The number of halogens is 2. The molecule has 0 spiro atoms. The van der Waals surface area contributed by atoms with Gasteiger partial charge in [0.05, 0.1) is 11.3 Å². The second kappa shape index (κ2) is 5.50. The van der Waals surface area contributed by atoms with Crippen LogP contribution in [0.5, 0.6) is 0 Å². The van der Waals surface area contributed by atoms with Crippen LogP contribution in [0.25, 0.3) is 0 Å². The van der Waals surface area contributed by atoms with Crippen LogP contribution in [0.2, 0.25) is 0 Å². The molecule has 6 heteroatoms. The van der Waals surface area contributed by atoms with Gasteiger partial charge in [0.1, 0.15) is 12.4 Å². The molecule has 0 unspecified atom stereocenters. The maximum atomic E-state index is 12.9. The molecule has 0 saturated carbocycles. The van der Waals surface area contributed by atoms with E-state index in [0.717, 1.165) is 13.1 Å². The van der Waals surface area contributed by atoms with Gasteiger partial charge in [0, 0.05) is 16.7 Å². The summed E-state index contributed by atoms with van der Waals surface area (Å²) < 4.78 is 19.1. The van der Waals surface area contributed by atoms with Gasteiger partial charge in [0.15, 0.2) is 0 Å². The lowest BCUT2D eigenvalue weighted by Crippen LogP contribution is -2.59. The highest BCUT2D eigenvalue weighted by Crippen LogP contribution is 2.19. The average molecular weight is 364 g/mol. The summed E-state index contributed by atoms with van der Waals surface area (Å²) in [5, 5.41) is 5.79. The molecule has 1 aliphatic rings. The second-order valence-corrected chi connectivity index (χ2v) is 5.68. The number of carbonyl (C=O) groups is 1. The van der Waals surface area contributed by atoms with Crippen LogP contribution in [0.3, 0.4) is 0 Å². The molecular weight excluding hydrogens is 350 g/mol. The van der Waals surface area contributed by atoms with Gasteiger partial charge in [-0.3, -0.25) is 4.79 Å². The van der Waals surface area contributed by atoms with Gasteiger partial charge in [-0.05, 0) is 47.7 Å². The van der Waals surface area contributed by atoms with Crippen LogP contribution in [0.4, 0.5) is 10.1 Å². The van der Waals surface area contributed by atoms with Crippen LogP contribution in [0.1, 0.15) is 6.92 Å². The Morgan fingerprint density at radius 1 is 1.61 bits per heavy atom. The van der Waals surface area contributed by atoms with Gasteiger partial charge in [-0.1, -0.05) is 0 Å². The minimum atomic E-state index is -0.318. The first-order valence-electron chi connectivity index (χ1n) is 5.58. The third-order valence-corrected chi connectivity index (χ3v) is 3.65. The Labute approximate surface area is 118 Å². The standard InChI is InChI=1S/C12H14FIN2O2/c1-12(6-15-7-12)18-5-11(17)16-10-3-2-8(13)4-9(10)14/h2-4,15H,5-7H2,1H3,(H,16,17). The topological polar surface area (TPSA) is 50.4 Å². The van der Waals surface area contributed by atoms with Crippen molar-refractivity contribution in [2.75, 3.05) is 25.0 Å². The lowest BCUT2D eigenvalue weighted by molar-refractivity contribution is -0.130. The summed E-state index contributed by atoms with van der Waals surface area (Å²) in [5.41, 5.74) is 0.357. The zero-order valence-corrected chi connectivity index (χ0v) is 12.1. The van der Waals surface area contributed by atoms with Crippen LogP contribution < -0.4 is 10.6 Å². The molecule has 1 aromatic rings. The van der Waals surface area contributed by atoms with E-state index in [2.05, 4.69) is 10.6 Å². The number of hydrogen-bond donors (Lipinski definition) is 2. The van der Waals surface area contributed by atoms with E-state index < -0.39 is 0 Å². The molecule has 0 atom stereocenters. The summed E-state index contributed by atoms with van der Waals surface area (Å²) in [6, 6.07) is 4.23. The maximum absolute atomic E-state index is 12.9. The molecule has 2 N–H and O–H groups in total. The molecule has 0 radical (unpaired) electrons. The summed E-state index contributed by atoms with van der Waals surface area (Å²) in [4.78, 5) is 11.7. The molecule has 1 saturated heterocycles. The van der Waals surface area contributed by atoms with Crippen molar-refractivity contribution in [3.8, 4) is 0 Å². The van der Waals surface area contributed by atoms with E-state index in [1.807, 2.05) is 29.5 Å². The van der Waals surface area contributed by atoms with Gasteiger partial charge in [0.2, 0.25) is 5.91 Å². The molecule has 0 aliphatic carbocycles. The van der Waals surface area contributed by atoms with Crippen molar-refractivity contribution < 1.29 is 13.9 Å². The number of benzene rings is 1. The maximum Gasteiger partial charge on any atom is 0.250 e. The molecule has 4 nitrogen and oxygen atoms in total. The summed E-state index contributed by atoms with van der Waals surface area (Å²) in [7, 11) is 0. The van der Waals surface area contributed by atoms with E-state index in [-0.39, 0.29) is 23.9 Å². The Bertz CT molecular complexity index is 463. The fourth-order valence-electron chi connectivity index (χ4n) is 1.60. The first-order chi connectivity index (χ1) is 8.48. The molecule has 1 heterocycles. The number of rotatable bonds is 4. The molecule has 0 aromatic heterocycles. The highest BCUT2D eigenvalue weighted by atomic mass is 127. The Hall–Kier alpha value is -0.730. The number of hydrogen-bond acceptors (Lipinski definition) is 3. The van der Waals surface area contributed by atoms with E-state index in [1.54, 1.807) is 6.07 Å². The Morgan fingerprint density at radius 3 is 2.89 bits per heavy atom. The van der Waals surface area contributed by atoms with Gasteiger partial charge >= 0.3 is 0 Å². The molecule has 1 aromatic carbocycles. The first-order valence-corrected chi connectivity index (χ1v) is 6.66. The number of amides is 1. The molecule has 1 amide bonds. The molecule has 0 bridgehead atoms. The first kappa shape index (κ1) is 13.7. The van der Waals surface area contributed by atoms with Gasteiger partial charge in [-0.15, -0.1) is 0 Å². The van der Waals surface area contributed by atoms with Crippen LogP contribution in [-0.2, 0) is 9.53 Å². The average Bonchev–Trinajstić information content (AvgIpc) is 2.28. The second-order valence-electron chi connectivity index (χ2n) is 4.51. The van der Waals surface area contributed by atoms with Crippen molar-refractivity contribution in [2.45, 2.75) is 12.5 Å². The molecular formula is C12H14FIN2O2. The summed E-state index contributed by atoms with van der Waals surface area (Å²) >= 11 is 1.98. The fraction of sp³-hybridized carbons (Fsp3) is 0.417. The minimum Gasteiger partial charge on any atom is -0.363 e. The van der Waals surface area contributed by atoms with Crippen molar-refractivity contribution in [3.63, 3.8) is 0 Å². The normalized spacial score (nSPS) is 17.1. The monoisotopic (exact) mass is 364 g/mol. The minimum absolute atomic E-state index is 0.00559. The Balaban J connectivity index is 1.87. The van der Waals surface area contributed by atoms with E-state index in [1.165, 1.54) is 12.1 Å². The highest BCUT2D eigenvalue weighted by Gasteiger charge is 2.33. The third kappa shape index (κ3) is 3.39. The SMILES string of the molecule is CC1(OCC(=O)Nc2ccc(F)cc2I)CNC1. The van der Waals surface area contributed by atoms with Crippen molar-refractivity contribution in [2.24, 2.45) is 0 Å². The van der Waals surface area contributed by atoms with Crippen LogP contribution in [0, 0.1) is 9.39 Å². The number of ether oxygens (including phenoxy) is 1.